The number of aromatic nitrogens is 2. The highest BCUT2D eigenvalue weighted by atomic mass is 79.9. The molecule has 0 unspecified atom stereocenters. The molecule has 0 saturated carbocycles. The van der Waals surface area contributed by atoms with Crippen molar-refractivity contribution >= 4 is 74.5 Å². The first kappa shape index (κ1) is 44.8. The minimum atomic E-state index is -0.565. The van der Waals surface area contributed by atoms with Gasteiger partial charge < -0.3 is 34.1 Å². The molecule has 2 saturated heterocycles. The van der Waals surface area contributed by atoms with E-state index in [1.807, 2.05) is 0 Å². The first-order valence-corrected chi connectivity index (χ1v) is 19.1. The van der Waals surface area contributed by atoms with Crippen molar-refractivity contribution in [1.29, 1.82) is 0 Å². The molecule has 4 aromatic rings. The number of ether oxygens (including phenoxy) is 4. The van der Waals surface area contributed by atoms with Gasteiger partial charge in [0.05, 0.1) is 79.8 Å². The van der Waals surface area contributed by atoms with E-state index >= 15 is 0 Å². The summed E-state index contributed by atoms with van der Waals surface area (Å²) in [5, 5.41) is 3.26. The molecule has 19 heteroatoms. The van der Waals surface area contributed by atoms with Gasteiger partial charge in [0.15, 0.2) is 0 Å². The van der Waals surface area contributed by atoms with Gasteiger partial charge >= 0.3 is 24.0 Å². The number of carbonyl (C=O) groups is 4. The van der Waals surface area contributed by atoms with Gasteiger partial charge in [0, 0.05) is 55.3 Å². The van der Waals surface area contributed by atoms with Crippen molar-refractivity contribution in [1.82, 2.24) is 19.8 Å². The summed E-state index contributed by atoms with van der Waals surface area (Å²) in [5.41, 5.74) is 3.15. The number of amides is 4. The van der Waals surface area contributed by atoms with Crippen LogP contribution in [0.5, 0.6) is 0 Å². The molecule has 6 rings (SSSR count). The number of methoxy groups -OCH3 is 2. The van der Waals surface area contributed by atoms with Crippen LogP contribution in [0.15, 0.2) is 73.1 Å². The highest BCUT2D eigenvalue weighted by Gasteiger charge is 2.25. The largest absolute Gasteiger partial charge is 0.465 e. The van der Waals surface area contributed by atoms with Gasteiger partial charge in [0.25, 0.3) is 0 Å². The molecule has 304 valence electrons. The average molecular weight is 897 g/mol. The first-order chi connectivity index (χ1) is 27.4. The van der Waals surface area contributed by atoms with E-state index < -0.39 is 17.6 Å². The van der Waals surface area contributed by atoms with Crippen molar-refractivity contribution in [3.8, 4) is 0 Å². The highest BCUT2D eigenvalue weighted by molar-refractivity contribution is 9.08. The third kappa shape index (κ3) is 13.6. The lowest BCUT2D eigenvalue weighted by molar-refractivity contribution is 0.0548. The van der Waals surface area contributed by atoms with Crippen LogP contribution >= 0.6 is 39.1 Å². The average Bonchev–Trinajstić information content (AvgIpc) is 3.25. The van der Waals surface area contributed by atoms with Gasteiger partial charge in [-0.15, -0.1) is 0 Å². The van der Waals surface area contributed by atoms with E-state index in [0.717, 1.165) is 5.69 Å². The summed E-state index contributed by atoms with van der Waals surface area (Å²) in [7, 11) is 2.64. The molecular formula is C38H39BrCl2F2N6O8. The summed E-state index contributed by atoms with van der Waals surface area (Å²) in [6.45, 7) is 4.14. The summed E-state index contributed by atoms with van der Waals surface area (Å²) in [6.07, 6.45) is 2.89. The Balaban J connectivity index is 0.000000210. The van der Waals surface area contributed by atoms with Gasteiger partial charge in [0.1, 0.15) is 11.6 Å². The second kappa shape index (κ2) is 22.7. The Labute approximate surface area is 346 Å². The van der Waals surface area contributed by atoms with E-state index in [4.69, 9.17) is 32.7 Å². The number of hydrogen-bond donors (Lipinski definition) is 1. The van der Waals surface area contributed by atoms with Crippen LogP contribution in [0.2, 0.25) is 10.0 Å². The number of urea groups is 2. The summed E-state index contributed by atoms with van der Waals surface area (Å²) in [6, 6.07) is 14.4. The number of nitrogens with zero attached hydrogens (tertiary/aromatic N) is 5. The number of hydrogen-bond acceptors (Lipinski definition) is 10. The molecule has 0 spiro atoms. The lowest BCUT2D eigenvalue weighted by Crippen LogP contribution is -2.48. The fourth-order valence-electron chi connectivity index (χ4n) is 5.05. The van der Waals surface area contributed by atoms with Crippen LogP contribution in [0.1, 0.15) is 32.1 Å². The lowest BCUT2D eigenvalue weighted by atomic mass is 10.2. The number of benzene rings is 2. The molecule has 0 aliphatic carbocycles. The fraction of sp³-hybridized carbons (Fsp3) is 0.316. The number of halogens is 5. The molecule has 2 fully saturated rings. The third-order valence-electron chi connectivity index (χ3n) is 8.15. The van der Waals surface area contributed by atoms with Crippen LogP contribution in [0, 0.1) is 11.6 Å². The van der Waals surface area contributed by atoms with Crippen LogP contribution in [-0.4, -0.2) is 111 Å². The monoisotopic (exact) mass is 894 g/mol. The van der Waals surface area contributed by atoms with Gasteiger partial charge in [-0.3, -0.25) is 14.9 Å². The number of nitrogens with one attached hydrogen (secondary N) is 1. The number of rotatable bonds is 7. The lowest BCUT2D eigenvalue weighted by Gasteiger charge is -2.33. The Morgan fingerprint density at radius 2 is 1.26 bits per heavy atom. The molecule has 2 aliphatic rings. The molecule has 2 aliphatic heterocycles. The van der Waals surface area contributed by atoms with E-state index in [0.29, 0.717) is 86.1 Å². The van der Waals surface area contributed by atoms with Crippen LogP contribution in [0.3, 0.4) is 0 Å². The zero-order valence-corrected chi connectivity index (χ0v) is 34.0. The molecule has 0 bridgehead atoms. The molecule has 0 radical (unpaired) electrons. The molecule has 14 nitrogen and oxygen atoms in total. The number of esters is 2. The topological polar surface area (TPSA) is 153 Å². The number of morpholine rings is 2. The Kier molecular flexibility index (Phi) is 17.8. The van der Waals surface area contributed by atoms with Crippen molar-refractivity contribution in [3.05, 3.63) is 117 Å². The minimum absolute atomic E-state index is 0.00947. The number of pyridine rings is 2. The maximum atomic E-state index is 13.6. The number of carbonyl (C=O) groups excluding carboxylic acids is 4. The number of alkyl halides is 1. The molecule has 1 N–H and O–H groups in total. The van der Waals surface area contributed by atoms with Crippen molar-refractivity contribution in [2.24, 2.45) is 0 Å². The maximum absolute atomic E-state index is 13.6. The Morgan fingerprint density at radius 1 is 0.754 bits per heavy atom. The zero-order chi connectivity index (χ0) is 41.3. The van der Waals surface area contributed by atoms with E-state index in [-0.39, 0.29) is 34.6 Å². The van der Waals surface area contributed by atoms with Gasteiger partial charge in [0.2, 0.25) is 0 Å². The summed E-state index contributed by atoms with van der Waals surface area (Å²) in [4.78, 5) is 60.4. The highest BCUT2D eigenvalue weighted by Crippen LogP contribution is 2.26. The number of anilines is 2. The fourth-order valence-corrected chi connectivity index (χ4v) is 5.74. The summed E-state index contributed by atoms with van der Waals surface area (Å²) >= 11 is 14.8. The van der Waals surface area contributed by atoms with Gasteiger partial charge in [-0.25, -0.2) is 28.0 Å². The summed E-state index contributed by atoms with van der Waals surface area (Å²) < 4.78 is 46.1. The van der Waals surface area contributed by atoms with E-state index in [1.165, 1.54) is 67.9 Å². The smallest absolute Gasteiger partial charge is 0.339 e. The SMILES string of the molecule is COC(=O)c1ccc(CBr)nc1.COC(=O)c1ccc(CN(C(=O)N2CCOCC2)c2ccc(F)c(Cl)c2)nc1.O=C(Nc1ccc(F)c(Cl)c1)N1CCOCC1. The van der Waals surface area contributed by atoms with Gasteiger partial charge in [-0.05, 0) is 60.7 Å². The molecule has 0 atom stereocenters. The Hall–Kier alpha value is -4.94. The molecule has 2 aromatic heterocycles. The molecule has 4 amide bonds. The predicted molar refractivity (Wildman–Crippen MR) is 212 cm³/mol. The van der Waals surface area contributed by atoms with E-state index in [1.54, 1.807) is 34.1 Å². The Morgan fingerprint density at radius 3 is 1.74 bits per heavy atom. The molecule has 4 heterocycles. The van der Waals surface area contributed by atoms with Crippen molar-refractivity contribution < 1.29 is 46.9 Å². The molecule has 57 heavy (non-hydrogen) atoms. The van der Waals surface area contributed by atoms with Crippen LogP contribution in [0.25, 0.3) is 0 Å². The van der Waals surface area contributed by atoms with E-state index in [9.17, 15) is 28.0 Å². The predicted octanol–water partition coefficient (Wildman–Crippen LogP) is 7.23. The van der Waals surface area contributed by atoms with Gasteiger partial charge in [-0.2, -0.15) is 0 Å². The van der Waals surface area contributed by atoms with Gasteiger partial charge in [-0.1, -0.05) is 39.1 Å². The second-order valence-electron chi connectivity index (χ2n) is 11.9. The minimum Gasteiger partial charge on any atom is -0.465 e. The first-order valence-electron chi connectivity index (χ1n) is 17.2. The zero-order valence-electron chi connectivity index (χ0n) is 30.9. The standard InChI is InChI=1S/C19H19ClFN3O4.C11H12ClFN2O2.C8H8BrNO2/c1-27-18(25)13-2-3-14(22-11-13)12-24(15-4-5-17(21)16(20)10-15)19(26)23-6-8-28-9-7-23;12-9-7-8(1-2-10(9)13)14-11(16)15-3-5-17-6-4-15;1-12-8(11)6-2-3-7(4-9)10-5-6/h2-5,10-11H,6-9,12H2,1H3;1-2,7H,3-6H2,(H,14,16);2-3,5H,4H2,1H3. The van der Waals surface area contributed by atoms with Crippen LogP contribution in [0.4, 0.5) is 29.7 Å². The van der Waals surface area contributed by atoms with Crippen molar-refractivity contribution in [3.63, 3.8) is 0 Å². The quantitative estimate of drug-likeness (QED) is 0.149. The van der Waals surface area contributed by atoms with E-state index in [2.05, 4.69) is 40.7 Å². The third-order valence-corrected chi connectivity index (χ3v) is 9.30. The maximum Gasteiger partial charge on any atom is 0.339 e. The van der Waals surface area contributed by atoms with Crippen LogP contribution < -0.4 is 10.2 Å². The molecular weight excluding hydrogens is 857 g/mol. The van der Waals surface area contributed by atoms with Crippen molar-refractivity contribution in [2.45, 2.75) is 11.9 Å². The molecule has 2 aromatic carbocycles. The Bertz CT molecular complexity index is 1970. The second-order valence-corrected chi connectivity index (χ2v) is 13.3. The summed E-state index contributed by atoms with van der Waals surface area (Å²) in [5.74, 6) is -1.92. The van der Waals surface area contributed by atoms with Crippen molar-refractivity contribution in [2.75, 3.05) is 77.0 Å². The van der Waals surface area contributed by atoms with Crippen LogP contribution in [-0.2, 0) is 30.8 Å². The normalized spacial score (nSPS) is 13.5.